The Morgan fingerprint density at radius 3 is 2.77 bits per heavy atom. The van der Waals surface area contributed by atoms with E-state index >= 15 is 0 Å². The number of nitrogens with one attached hydrogen (secondary N) is 1. The first-order valence-electron chi connectivity index (χ1n) is 8.55. The van der Waals surface area contributed by atoms with Gasteiger partial charge in [0.25, 0.3) is 5.91 Å². The number of hydrogen-bond donors (Lipinski definition) is 2. The second kappa shape index (κ2) is 8.56. The molecule has 1 fully saturated rings. The summed E-state index contributed by atoms with van der Waals surface area (Å²) in [5.74, 6) is 0.953. The summed E-state index contributed by atoms with van der Waals surface area (Å²) in [6, 6.07) is 7.44. The SMILES string of the molecule is N#C/C(=C/N1CCN(CCO)CC1)C(=O)NCc1ccc2c(c1)OCO2. The van der Waals surface area contributed by atoms with E-state index in [1.807, 2.05) is 23.1 Å². The van der Waals surface area contributed by atoms with Crippen LogP contribution in [0.15, 0.2) is 30.0 Å². The van der Waals surface area contributed by atoms with Crippen LogP contribution in [0.5, 0.6) is 11.5 Å². The number of fused-ring (bicyclic) bond motifs is 1. The second-order valence-corrected chi connectivity index (χ2v) is 6.13. The van der Waals surface area contributed by atoms with E-state index in [0.29, 0.717) is 24.6 Å². The Kier molecular flexibility index (Phi) is 5.94. The molecule has 0 atom stereocenters. The van der Waals surface area contributed by atoms with Crippen molar-refractivity contribution in [3.63, 3.8) is 0 Å². The molecular weight excluding hydrogens is 336 g/mol. The minimum atomic E-state index is -0.400. The minimum Gasteiger partial charge on any atom is -0.454 e. The fourth-order valence-corrected chi connectivity index (χ4v) is 2.91. The Hall–Kier alpha value is -2.76. The fraction of sp³-hybridized carbons (Fsp3) is 0.444. The molecule has 138 valence electrons. The first-order chi connectivity index (χ1) is 12.7. The standard InChI is InChI=1S/C18H22N4O4/c19-10-15(12-22-5-3-21(4-6-22)7-8-23)18(24)20-11-14-1-2-16-17(9-14)26-13-25-16/h1-2,9,12,23H,3-8,11,13H2,(H,20,24)/b15-12-. The average Bonchev–Trinajstić information content (AvgIpc) is 3.13. The van der Waals surface area contributed by atoms with Gasteiger partial charge < -0.3 is 24.8 Å². The maximum Gasteiger partial charge on any atom is 0.263 e. The van der Waals surface area contributed by atoms with E-state index in [2.05, 4.69) is 10.2 Å². The van der Waals surface area contributed by atoms with E-state index in [1.165, 1.54) is 0 Å². The Morgan fingerprint density at radius 2 is 2.04 bits per heavy atom. The molecule has 0 spiro atoms. The molecule has 1 aromatic carbocycles. The number of rotatable bonds is 6. The number of piperazine rings is 1. The zero-order valence-electron chi connectivity index (χ0n) is 14.5. The van der Waals surface area contributed by atoms with E-state index in [4.69, 9.17) is 14.6 Å². The van der Waals surface area contributed by atoms with E-state index in [-0.39, 0.29) is 19.0 Å². The molecule has 1 aromatic rings. The van der Waals surface area contributed by atoms with Crippen molar-refractivity contribution >= 4 is 5.91 Å². The first-order valence-corrected chi connectivity index (χ1v) is 8.55. The summed E-state index contributed by atoms with van der Waals surface area (Å²) < 4.78 is 10.6. The molecule has 0 aromatic heterocycles. The number of amides is 1. The fourth-order valence-electron chi connectivity index (χ4n) is 2.91. The lowest BCUT2D eigenvalue weighted by molar-refractivity contribution is -0.117. The number of nitrogens with zero attached hydrogens (tertiary/aromatic N) is 3. The molecule has 2 aliphatic heterocycles. The molecular formula is C18H22N4O4. The van der Waals surface area contributed by atoms with Crippen molar-refractivity contribution in [2.75, 3.05) is 46.1 Å². The molecule has 1 saturated heterocycles. The van der Waals surface area contributed by atoms with Crippen molar-refractivity contribution in [2.45, 2.75) is 6.54 Å². The minimum absolute atomic E-state index is 0.0846. The third kappa shape index (κ3) is 4.45. The van der Waals surface area contributed by atoms with Crippen LogP contribution in [0.25, 0.3) is 0 Å². The number of ether oxygens (including phenoxy) is 2. The zero-order valence-corrected chi connectivity index (χ0v) is 14.5. The number of hydrogen-bond acceptors (Lipinski definition) is 7. The van der Waals surface area contributed by atoms with Crippen LogP contribution in [0.1, 0.15) is 5.56 Å². The molecule has 3 rings (SSSR count). The van der Waals surface area contributed by atoms with Crippen molar-refractivity contribution in [3.05, 3.63) is 35.5 Å². The Labute approximate surface area is 152 Å². The van der Waals surface area contributed by atoms with E-state index in [1.54, 1.807) is 12.3 Å². The first kappa shape index (κ1) is 18.0. The molecule has 0 unspecified atom stereocenters. The van der Waals surface area contributed by atoms with Gasteiger partial charge in [-0.3, -0.25) is 9.69 Å². The van der Waals surface area contributed by atoms with Gasteiger partial charge in [0.05, 0.1) is 6.61 Å². The van der Waals surface area contributed by atoms with Crippen molar-refractivity contribution < 1.29 is 19.4 Å². The van der Waals surface area contributed by atoms with Gasteiger partial charge >= 0.3 is 0 Å². The molecule has 2 aliphatic rings. The van der Waals surface area contributed by atoms with Crippen LogP contribution in [0.3, 0.4) is 0 Å². The van der Waals surface area contributed by atoms with Crippen LogP contribution < -0.4 is 14.8 Å². The largest absolute Gasteiger partial charge is 0.454 e. The number of nitriles is 1. The predicted molar refractivity (Wildman–Crippen MR) is 93.2 cm³/mol. The van der Waals surface area contributed by atoms with E-state index in [0.717, 1.165) is 31.7 Å². The summed E-state index contributed by atoms with van der Waals surface area (Å²) >= 11 is 0. The Morgan fingerprint density at radius 1 is 1.27 bits per heavy atom. The number of aliphatic hydroxyl groups is 1. The van der Waals surface area contributed by atoms with Gasteiger partial charge in [0, 0.05) is 45.5 Å². The highest BCUT2D eigenvalue weighted by Crippen LogP contribution is 2.32. The van der Waals surface area contributed by atoms with Crippen molar-refractivity contribution in [2.24, 2.45) is 0 Å². The molecule has 2 heterocycles. The summed E-state index contributed by atoms with van der Waals surface area (Å²) in [7, 11) is 0. The van der Waals surface area contributed by atoms with Crippen LogP contribution in [0.2, 0.25) is 0 Å². The van der Waals surface area contributed by atoms with Crippen LogP contribution in [-0.2, 0) is 11.3 Å². The van der Waals surface area contributed by atoms with Crippen LogP contribution in [0.4, 0.5) is 0 Å². The molecule has 8 nitrogen and oxygen atoms in total. The van der Waals surface area contributed by atoms with Gasteiger partial charge in [0.15, 0.2) is 11.5 Å². The van der Waals surface area contributed by atoms with Crippen LogP contribution in [0, 0.1) is 11.3 Å². The number of β-amino-alcohol motifs (C(OH)–C–C–N with tert-alkyl or cyclic N) is 1. The normalized spacial score (nSPS) is 17.1. The van der Waals surface area contributed by atoms with Gasteiger partial charge in [-0.15, -0.1) is 0 Å². The highest BCUT2D eigenvalue weighted by Gasteiger charge is 2.17. The quantitative estimate of drug-likeness (QED) is 0.548. The van der Waals surface area contributed by atoms with Gasteiger partial charge in [0.2, 0.25) is 6.79 Å². The number of benzene rings is 1. The molecule has 8 heteroatoms. The molecule has 26 heavy (non-hydrogen) atoms. The highest BCUT2D eigenvalue weighted by molar-refractivity contribution is 5.97. The molecule has 0 aliphatic carbocycles. The summed E-state index contributed by atoms with van der Waals surface area (Å²) in [4.78, 5) is 16.4. The second-order valence-electron chi connectivity index (χ2n) is 6.13. The Balaban J connectivity index is 1.53. The van der Waals surface area contributed by atoms with Crippen molar-refractivity contribution in [3.8, 4) is 17.6 Å². The monoisotopic (exact) mass is 358 g/mol. The summed E-state index contributed by atoms with van der Waals surface area (Å²) in [6.07, 6.45) is 1.62. The summed E-state index contributed by atoms with van der Waals surface area (Å²) in [6.45, 7) is 4.35. The molecule has 0 bridgehead atoms. The summed E-state index contributed by atoms with van der Waals surface area (Å²) in [5, 5.41) is 21.0. The lowest BCUT2D eigenvalue weighted by Crippen LogP contribution is -2.45. The number of aliphatic hydroxyl groups excluding tert-OH is 1. The average molecular weight is 358 g/mol. The summed E-state index contributed by atoms with van der Waals surface area (Å²) in [5.41, 5.74) is 0.957. The number of carbonyl (C=O) groups excluding carboxylic acids is 1. The lowest BCUT2D eigenvalue weighted by atomic mass is 10.2. The lowest BCUT2D eigenvalue weighted by Gasteiger charge is -2.33. The predicted octanol–water partition coefficient (Wildman–Crippen LogP) is 0.0489. The molecule has 2 N–H and O–H groups in total. The van der Waals surface area contributed by atoms with Crippen LogP contribution in [-0.4, -0.2) is 66.9 Å². The number of carbonyl (C=O) groups is 1. The van der Waals surface area contributed by atoms with Crippen LogP contribution >= 0.6 is 0 Å². The zero-order chi connectivity index (χ0) is 18.4. The maximum atomic E-state index is 12.3. The third-order valence-electron chi connectivity index (χ3n) is 4.39. The van der Waals surface area contributed by atoms with Gasteiger partial charge in [0.1, 0.15) is 11.6 Å². The maximum absolute atomic E-state index is 12.3. The molecule has 0 saturated carbocycles. The van der Waals surface area contributed by atoms with Gasteiger partial charge in [-0.05, 0) is 17.7 Å². The van der Waals surface area contributed by atoms with Gasteiger partial charge in [-0.25, -0.2) is 0 Å². The van der Waals surface area contributed by atoms with Gasteiger partial charge in [-0.1, -0.05) is 6.07 Å². The topological polar surface area (TPSA) is 98.1 Å². The van der Waals surface area contributed by atoms with E-state index in [9.17, 15) is 10.1 Å². The third-order valence-corrected chi connectivity index (χ3v) is 4.39. The van der Waals surface area contributed by atoms with Crippen molar-refractivity contribution in [1.82, 2.24) is 15.1 Å². The highest BCUT2D eigenvalue weighted by atomic mass is 16.7. The van der Waals surface area contributed by atoms with E-state index < -0.39 is 5.91 Å². The molecule has 0 radical (unpaired) electrons. The molecule has 1 amide bonds. The van der Waals surface area contributed by atoms with Crippen molar-refractivity contribution in [1.29, 1.82) is 5.26 Å². The smallest absolute Gasteiger partial charge is 0.263 e. The Bertz CT molecular complexity index is 720. The van der Waals surface area contributed by atoms with Gasteiger partial charge in [-0.2, -0.15) is 5.26 Å².